The molecule has 1 unspecified atom stereocenters. The van der Waals surface area contributed by atoms with Crippen molar-refractivity contribution in [3.05, 3.63) is 65.2 Å². The molecule has 0 bridgehead atoms. The number of benzene rings is 1. The standard InChI is InChI=1S/C13H9F4NO/c14-11-4-2-1-3-8(11)12(19)9-7-18-6-5-10(9)13(15,16)17/h1-7,12,19H. The first-order valence-corrected chi connectivity index (χ1v) is 5.35. The summed E-state index contributed by atoms with van der Waals surface area (Å²) < 4.78 is 51.9. The number of aromatic nitrogens is 1. The number of hydrogen-bond donors (Lipinski definition) is 1. The summed E-state index contributed by atoms with van der Waals surface area (Å²) in [5.41, 5.74) is -1.72. The molecule has 6 heteroatoms. The molecule has 0 fully saturated rings. The summed E-state index contributed by atoms with van der Waals surface area (Å²) in [7, 11) is 0. The van der Waals surface area contributed by atoms with E-state index in [1.54, 1.807) is 0 Å². The minimum Gasteiger partial charge on any atom is -0.383 e. The largest absolute Gasteiger partial charge is 0.416 e. The van der Waals surface area contributed by atoms with E-state index in [9.17, 15) is 22.7 Å². The van der Waals surface area contributed by atoms with Crippen LogP contribution in [0.3, 0.4) is 0 Å². The Morgan fingerprint density at radius 3 is 2.37 bits per heavy atom. The van der Waals surface area contributed by atoms with E-state index in [4.69, 9.17) is 0 Å². The van der Waals surface area contributed by atoms with Crippen LogP contribution in [0.15, 0.2) is 42.7 Å². The number of halogens is 4. The highest BCUT2D eigenvalue weighted by Crippen LogP contribution is 2.36. The van der Waals surface area contributed by atoms with E-state index in [0.717, 1.165) is 24.5 Å². The number of alkyl halides is 3. The lowest BCUT2D eigenvalue weighted by Gasteiger charge is -2.17. The molecule has 0 radical (unpaired) electrons. The highest BCUT2D eigenvalue weighted by Gasteiger charge is 2.35. The summed E-state index contributed by atoms with van der Waals surface area (Å²) in [6.45, 7) is 0. The Morgan fingerprint density at radius 2 is 1.74 bits per heavy atom. The third kappa shape index (κ3) is 2.73. The van der Waals surface area contributed by atoms with Gasteiger partial charge < -0.3 is 5.11 Å². The Labute approximate surface area is 106 Å². The van der Waals surface area contributed by atoms with Gasteiger partial charge in [-0.3, -0.25) is 4.98 Å². The summed E-state index contributed by atoms with van der Waals surface area (Å²) in [5.74, 6) is -0.771. The molecular formula is C13H9F4NO. The maximum absolute atomic E-state index is 13.5. The summed E-state index contributed by atoms with van der Waals surface area (Å²) in [5, 5.41) is 9.94. The van der Waals surface area contributed by atoms with Crippen LogP contribution < -0.4 is 0 Å². The smallest absolute Gasteiger partial charge is 0.383 e. The van der Waals surface area contributed by atoms with E-state index in [2.05, 4.69) is 4.98 Å². The van der Waals surface area contributed by atoms with Gasteiger partial charge in [0.15, 0.2) is 0 Å². The molecule has 0 aliphatic carbocycles. The number of aliphatic hydroxyl groups is 1. The zero-order valence-corrected chi connectivity index (χ0v) is 9.53. The highest BCUT2D eigenvalue weighted by molar-refractivity contribution is 5.35. The molecule has 1 atom stereocenters. The molecule has 0 saturated heterocycles. The Morgan fingerprint density at radius 1 is 1.05 bits per heavy atom. The number of pyridine rings is 1. The average molecular weight is 271 g/mol. The van der Waals surface area contributed by atoms with Crippen LogP contribution in [0.5, 0.6) is 0 Å². The molecule has 2 aromatic rings. The normalized spacial score (nSPS) is 13.3. The van der Waals surface area contributed by atoms with Crippen LogP contribution in [0.4, 0.5) is 17.6 Å². The minimum atomic E-state index is -4.63. The van der Waals surface area contributed by atoms with Crippen molar-refractivity contribution in [1.29, 1.82) is 0 Å². The van der Waals surface area contributed by atoms with Gasteiger partial charge in [-0.1, -0.05) is 18.2 Å². The average Bonchev–Trinajstić information content (AvgIpc) is 2.37. The van der Waals surface area contributed by atoms with E-state index in [1.807, 2.05) is 0 Å². The molecule has 0 aliphatic heterocycles. The Balaban J connectivity index is 2.51. The SMILES string of the molecule is OC(c1ccccc1F)c1cnccc1C(F)(F)F. The molecule has 0 spiro atoms. The van der Waals surface area contributed by atoms with Crippen molar-refractivity contribution >= 4 is 0 Å². The fourth-order valence-corrected chi connectivity index (χ4v) is 1.75. The van der Waals surface area contributed by atoms with Crippen LogP contribution in [0, 0.1) is 5.82 Å². The molecule has 1 aromatic carbocycles. The van der Waals surface area contributed by atoms with Gasteiger partial charge in [0.05, 0.1) is 5.56 Å². The lowest BCUT2D eigenvalue weighted by molar-refractivity contribution is -0.139. The van der Waals surface area contributed by atoms with Crippen LogP contribution in [0.25, 0.3) is 0 Å². The van der Waals surface area contributed by atoms with Crippen LogP contribution >= 0.6 is 0 Å². The van der Waals surface area contributed by atoms with Gasteiger partial charge in [0.25, 0.3) is 0 Å². The summed E-state index contributed by atoms with van der Waals surface area (Å²) in [6.07, 6.45) is -4.49. The van der Waals surface area contributed by atoms with Gasteiger partial charge in [0.2, 0.25) is 0 Å². The fraction of sp³-hybridized carbons (Fsp3) is 0.154. The van der Waals surface area contributed by atoms with E-state index in [0.29, 0.717) is 0 Å². The fourth-order valence-electron chi connectivity index (χ4n) is 1.75. The summed E-state index contributed by atoms with van der Waals surface area (Å²) in [4.78, 5) is 3.55. The van der Waals surface area contributed by atoms with Crippen molar-refractivity contribution < 1.29 is 22.7 Å². The van der Waals surface area contributed by atoms with Crippen LogP contribution in [-0.4, -0.2) is 10.1 Å². The quantitative estimate of drug-likeness (QED) is 0.850. The summed E-state index contributed by atoms with van der Waals surface area (Å²) in [6, 6.07) is 5.87. The third-order valence-corrected chi connectivity index (χ3v) is 2.65. The molecule has 0 saturated carbocycles. The van der Waals surface area contributed by atoms with Crippen molar-refractivity contribution in [2.75, 3.05) is 0 Å². The van der Waals surface area contributed by atoms with Crippen LogP contribution in [-0.2, 0) is 6.18 Å². The van der Waals surface area contributed by atoms with E-state index < -0.39 is 29.2 Å². The molecule has 0 amide bonds. The van der Waals surface area contributed by atoms with E-state index in [1.165, 1.54) is 18.2 Å². The molecule has 1 heterocycles. The van der Waals surface area contributed by atoms with E-state index >= 15 is 0 Å². The van der Waals surface area contributed by atoms with Gasteiger partial charge in [-0.2, -0.15) is 13.2 Å². The van der Waals surface area contributed by atoms with Gasteiger partial charge in [-0.05, 0) is 12.1 Å². The number of aliphatic hydroxyl groups excluding tert-OH is 1. The van der Waals surface area contributed by atoms with Crippen molar-refractivity contribution in [2.24, 2.45) is 0 Å². The molecule has 1 N–H and O–H groups in total. The van der Waals surface area contributed by atoms with Crippen LogP contribution in [0.2, 0.25) is 0 Å². The predicted molar refractivity (Wildman–Crippen MR) is 59.7 cm³/mol. The summed E-state index contributed by atoms with van der Waals surface area (Å²) >= 11 is 0. The first-order chi connectivity index (χ1) is 8.91. The zero-order chi connectivity index (χ0) is 14.0. The first kappa shape index (κ1) is 13.5. The minimum absolute atomic E-state index is 0.221. The molecule has 2 rings (SSSR count). The maximum atomic E-state index is 13.5. The Kier molecular flexibility index (Phi) is 3.53. The highest BCUT2D eigenvalue weighted by atomic mass is 19.4. The lowest BCUT2D eigenvalue weighted by atomic mass is 9.98. The number of hydrogen-bond acceptors (Lipinski definition) is 2. The van der Waals surface area contributed by atoms with Gasteiger partial charge in [-0.25, -0.2) is 4.39 Å². The molecule has 100 valence electrons. The van der Waals surface area contributed by atoms with Crippen LogP contribution in [0.1, 0.15) is 22.8 Å². The molecular weight excluding hydrogens is 262 g/mol. The monoisotopic (exact) mass is 271 g/mol. The maximum Gasteiger partial charge on any atom is 0.416 e. The number of rotatable bonds is 2. The van der Waals surface area contributed by atoms with E-state index in [-0.39, 0.29) is 5.56 Å². The second kappa shape index (κ2) is 4.97. The van der Waals surface area contributed by atoms with Crippen molar-refractivity contribution in [2.45, 2.75) is 12.3 Å². The van der Waals surface area contributed by atoms with Gasteiger partial charge in [0.1, 0.15) is 11.9 Å². The second-order valence-electron chi connectivity index (χ2n) is 3.88. The van der Waals surface area contributed by atoms with Crippen molar-refractivity contribution in [3.63, 3.8) is 0 Å². The number of nitrogens with zero attached hydrogens (tertiary/aromatic N) is 1. The van der Waals surface area contributed by atoms with Crippen molar-refractivity contribution in [3.8, 4) is 0 Å². The topological polar surface area (TPSA) is 33.1 Å². The third-order valence-electron chi connectivity index (χ3n) is 2.65. The molecule has 2 nitrogen and oxygen atoms in total. The lowest BCUT2D eigenvalue weighted by Crippen LogP contribution is -2.13. The van der Waals surface area contributed by atoms with Gasteiger partial charge >= 0.3 is 6.18 Å². The molecule has 1 aromatic heterocycles. The Hall–Kier alpha value is -1.95. The van der Waals surface area contributed by atoms with Gasteiger partial charge in [-0.15, -0.1) is 0 Å². The zero-order valence-electron chi connectivity index (χ0n) is 9.53. The Bertz CT molecular complexity index is 583. The van der Waals surface area contributed by atoms with Gasteiger partial charge in [0, 0.05) is 23.5 Å². The molecule has 0 aliphatic rings. The second-order valence-corrected chi connectivity index (χ2v) is 3.88. The van der Waals surface area contributed by atoms with Crippen molar-refractivity contribution in [1.82, 2.24) is 4.98 Å². The first-order valence-electron chi connectivity index (χ1n) is 5.35. The predicted octanol–water partition coefficient (Wildman–Crippen LogP) is 3.32. The molecule has 19 heavy (non-hydrogen) atoms.